The number of benzene rings is 1. The molecule has 1 N–H and O–H groups in total. The van der Waals surface area contributed by atoms with E-state index in [1.807, 2.05) is 13.1 Å². The molecule has 0 saturated carbocycles. The highest BCUT2D eigenvalue weighted by atomic mass is 28.4. The first kappa shape index (κ1) is 14.9. The molecule has 1 amide bonds. The predicted molar refractivity (Wildman–Crippen MR) is 72.1 cm³/mol. The molecule has 100 valence electrons. The van der Waals surface area contributed by atoms with E-state index in [9.17, 15) is 9.18 Å². The Labute approximate surface area is 108 Å². The molecule has 1 rings (SSSR count). The van der Waals surface area contributed by atoms with Gasteiger partial charge in [0.25, 0.3) is 5.91 Å². The van der Waals surface area contributed by atoms with Crippen LogP contribution in [0, 0.1) is 5.82 Å². The fraction of sp³-hybridized carbons (Fsp3) is 0.462. The van der Waals surface area contributed by atoms with Crippen LogP contribution in [0.15, 0.2) is 24.3 Å². The van der Waals surface area contributed by atoms with Crippen LogP contribution in [0.3, 0.4) is 0 Å². The summed E-state index contributed by atoms with van der Waals surface area (Å²) in [4.78, 5) is 11.8. The maximum Gasteiger partial charge on any atom is 0.273 e. The average molecular weight is 269 g/mol. The molecule has 5 heteroatoms. The third-order valence-corrected chi connectivity index (χ3v) is 7.54. The molecule has 0 fully saturated rings. The molecule has 3 nitrogen and oxygen atoms in total. The number of hydroxylamine groups is 1. The molecule has 18 heavy (non-hydrogen) atoms. The van der Waals surface area contributed by atoms with Crippen LogP contribution >= 0.6 is 0 Å². The van der Waals surface area contributed by atoms with Gasteiger partial charge in [-0.15, -0.1) is 0 Å². The topological polar surface area (TPSA) is 38.3 Å². The zero-order valence-electron chi connectivity index (χ0n) is 11.5. The van der Waals surface area contributed by atoms with Crippen LogP contribution in [-0.2, 0) is 4.53 Å². The van der Waals surface area contributed by atoms with Crippen LogP contribution in [0.4, 0.5) is 4.39 Å². The van der Waals surface area contributed by atoms with E-state index in [-0.39, 0.29) is 16.8 Å². The monoisotopic (exact) mass is 269 g/mol. The number of nitrogens with one attached hydrogen (secondary N) is 1. The minimum absolute atomic E-state index is 0.0169. The fourth-order valence-electron chi connectivity index (χ4n) is 0.987. The van der Waals surface area contributed by atoms with E-state index < -0.39 is 8.32 Å². The van der Waals surface area contributed by atoms with Crippen LogP contribution in [-0.4, -0.2) is 14.2 Å². The molecule has 0 aliphatic carbocycles. The molecular formula is C13H20FNO2Si. The minimum Gasteiger partial charge on any atom is -0.319 e. The first-order valence-corrected chi connectivity index (χ1v) is 8.78. The Morgan fingerprint density at radius 1 is 1.22 bits per heavy atom. The molecule has 0 spiro atoms. The Morgan fingerprint density at radius 2 is 1.72 bits per heavy atom. The lowest BCUT2D eigenvalue weighted by molar-refractivity contribution is 0.0730. The lowest BCUT2D eigenvalue weighted by Gasteiger charge is -2.35. The molecule has 0 radical (unpaired) electrons. The summed E-state index contributed by atoms with van der Waals surface area (Å²) in [5.74, 6) is -0.711. The Kier molecular flexibility index (Phi) is 4.29. The van der Waals surface area contributed by atoms with Gasteiger partial charge in [0, 0.05) is 5.56 Å². The van der Waals surface area contributed by atoms with Crippen molar-refractivity contribution in [1.82, 2.24) is 5.48 Å². The van der Waals surface area contributed by atoms with Crippen molar-refractivity contribution < 1.29 is 13.7 Å². The number of hydrogen-bond donors (Lipinski definition) is 1. The second-order valence-corrected chi connectivity index (χ2v) is 10.5. The van der Waals surface area contributed by atoms with E-state index in [1.54, 1.807) is 0 Å². The van der Waals surface area contributed by atoms with Crippen molar-refractivity contribution in [3.8, 4) is 0 Å². The number of amides is 1. The van der Waals surface area contributed by atoms with Crippen LogP contribution in [0.5, 0.6) is 0 Å². The number of halogens is 1. The third-order valence-electron chi connectivity index (χ3n) is 3.31. The number of rotatable bonds is 3. The van der Waals surface area contributed by atoms with E-state index in [0.717, 1.165) is 0 Å². The summed E-state index contributed by atoms with van der Waals surface area (Å²) in [6.07, 6.45) is 0. The molecule has 0 aliphatic rings. The minimum atomic E-state index is -2.02. The van der Waals surface area contributed by atoms with Gasteiger partial charge in [-0.3, -0.25) is 4.79 Å². The largest absolute Gasteiger partial charge is 0.319 e. The van der Waals surface area contributed by atoms with Crippen LogP contribution < -0.4 is 5.48 Å². The smallest absolute Gasteiger partial charge is 0.273 e. The number of carbonyl (C=O) groups is 1. The molecule has 0 bridgehead atoms. The standard InChI is InChI=1S/C13H20FNO2Si/c1-13(2,3)18(4,5)17-15-12(16)10-6-8-11(14)9-7-10/h6-9H,1-5H3,(H,15,16). The second kappa shape index (κ2) is 5.20. The molecular weight excluding hydrogens is 249 g/mol. The van der Waals surface area contributed by atoms with Gasteiger partial charge in [0.1, 0.15) is 5.82 Å². The van der Waals surface area contributed by atoms with Crippen LogP contribution in [0.25, 0.3) is 0 Å². The summed E-state index contributed by atoms with van der Waals surface area (Å²) < 4.78 is 18.3. The van der Waals surface area contributed by atoms with Crippen LogP contribution in [0.2, 0.25) is 18.1 Å². The highest BCUT2D eigenvalue weighted by molar-refractivity contribution is 6.74. The Bertz CT molecular complexity index is 424. The molecule has 1 aromatic rings. The summed E-state index contributed by atoms with van der Waals surface area (Å²) >= 11 is 0. The zero-order valence-corrected chi connectivity index (χ0v) is 12.5. The normalized spacial score (nSPS) is 12.3. The lowest BCUT2D eigenvalue weighted by Crippen LogP contribution is -2.46. The van der Waals surface area contributed by atoms with Gasteiger partial charge in [-0.05, 0) is 42.4 Å². The van der Waals surface area contributed by atoms with E-state index in [0.29, 0.717) is 5.56 Å². The van der Waals surface area contributed by atoms with Crippen LogP contribution in [0.1, 0.15) is 31.1 Å². The van der Waals surface area contributed by atoms with Crippen molar-refractivity contribution in [3.63, 3.8) is 0 Å². The Hall–Kier alpha value is -1.20. The third kappa shape index (κ3) is 3.65. The van der Waals surface area contributed by atoms with Gasteiger partial charge in [-0.25, -0.2) is 9.87 Å². The van der Waals surface area contributed by atoms with Gasteiger partial charge in [0.2, 0.25) is 8.32 Å². The summed E-state index contributed by atoms with van der Waals surface area (Å²) in [5, 5.41) is 0.0169. The predicted octanol–water partition coefficient (Wildman–Crippen LogP) is 3.49. The van der Waals surface area contributed by atoms with Crippen molar-refractivity contribution in [2.24, 2.45) is 0 Å². The summed E-state index contributed by atoms with van der Waals surface area (Å²) in [7, 11) is -2.02. The van der Waals surface area contributed by atoms with E-state index in [2.05, 4.69) is 26.3 Å². The van der Waals surface area contributed by atoms with E-state index in [4.69, 9.17) is 4.53 Å². The Balaban J connectivity index is 2.65. The van der Waals surface area contributed by atoms with Gasteiger partial charge >= 0.3 is 0 Å². The van der Waals surface area contributed by atoms with Gasteiger partial charge < -0.3 is 4.53 Å². The van der Waals surface area contributed by atoms with Crippen molar-refractivity contribution in [1.29, 1.82) is 0 Å². The number of carbonyl (C=O) groups excluding carboxylic acids is 1. The highest BCUT2D eigenvalue weighted by Crippen LogP contribution is 2.35. The second-order valence-electron chi connectivity index (χ2n) is 5.80. The molecule has 0 aromatic heterocycles. The molecule has 0 aliphatic heterocycles. The quantitative estimate of drug-likeness (QED) is 0.674. The van der Waals surface area contributed by atoms with E-state index >= 15 is 0 Å². The SMILES string of the molecule is CC(C)(C)[Si](C)(C)ONC(=O)c1ccc(F)cc1. The molecule has 0 unspecified atom stereocenters. The van der Waals surface area contributed by atoms with Crippen molar-refractivity contribution >= 4 is 14.2 Å². The first-order valence-electron chi connectivity index (χ1n) is 5.87. The lowest BCUT2D eigenvalue weighted by atomic mass is 10.2. The zero-order chi connectivity index (χ0) is 14.0. The van der Waals surface area contributed by atoms with Gasteiger partial charge in [-0.2, -0.15) is 0 Å². The molecule has 0 saturated heterocycles. The number of hydrogen-bond acceptors (Lipinski definition) is 2. The van der Waals surface area contributed by atoms with Crippen molar-refractivity contribution in [2.45, 2.75) is 38.9 Å². The van der Waals surface area contributed by atoms with Gasteiger partial charge in [-0.1, -0.05) is 20.8 Å². The average Bonchev–Trinajstić information content (AvgIpc) is 2.25. The maximum absolute atomic E-state index is 12.7. The first-order chi connectivity index (χ1) is 8.13. The molecule has 1 aromatic carbocycles. The van der Waals surface area contributed by atoms with Gasteiger partial charge in [0.05, 0.1) is 0 Å². The fourth-order valence-corrected chi connectivity index (χ4v) is 1.64. The molecule has 0 atom stereocenters. The van der Waals surface area contributed by atoms with Crippen molar-refractivity contribution in [2.75, 3.05) is 0 Å². The van der Waals surface area contributed by atoms with E-state index in [1.165, 1.54) is 24.3 Å². The van der Waals surface area contributed by atoms with Crippen molar-refractivity contribution in [3.05, 3.63) is 35.6 Å². The highest BCUT2D eigenvalue weighted by Gasteiger charge is 2.38. The maximum atomic E-state index is 12.7. The summed E-state index contributed by atoms with van der Waals surface area (Å²) in [6, 6.07) is 5.36. The summed E-state index contributed by atoms with van der Waals surface area (Å²) in [6.45, 7) is 10.3. The molecule has 0 heterocycles. The Morgan fingerprint density at radius 3 is 2.17 bits per heavy atom. The van der Waals surface area contributed by atoms with Gasteiger partial charge in [0.15, 0.2) is 0 Å². The summed E-state index contributed by atoms with van der Waals surface area (Å²) in [5.41, 5.74) is 2.85.